The van der Waals surface area contributed by atoms with Crippen LogP contribution in [-0.4, -0.2) is 67.6 Å². The number of likely N-dealkylation sites (tertiary alicyclic amines) is 1. The van der Waals surface area contributed by atoms with Crippen molar-refractivity contribution in [2.75, 3.05) is 25.5 Å². The number of pyridine rings is 1. The van der Waals surface area contributed by atoms with E-state index in [1.165, 1.54) is 26.4 Å². The Morgan fingerprint density at radius 3 is 2.38 bits per heavy atom. The van der Waals surface area contributed by atoms with Crippen LogP contribution in [0.5, 0.6) is 5.88 Å². The lowest BCUT2D eigenvalue weighted by atomic mass is 9.94. The first-order valence-corrected chi connectivity index (χ1v) is 13.4. The number of amides is 1. The summed E-state index contributed by atoms with van der Waals surface area (Å²) in [5.41, 5.74) is 0.927. The van der Waals surface area contributed by atoms with Crippen LogP contribution in [0.2, 0.25) is 10.0 Å². The lowest BCUT2D eigenvalue weighted by molar-refractivity contribution is -0.178. The molecule has 0 saturated carbocycles. The number of halogens is 2. The van der Waals surface area contributed by atoms with E-state index >= 15 is 0 Å². The maximum atomic E-state index is 12.8. The minimum atomic E-state index is -1.74. The van der Waals surface area contributed by atoms with Gasteiger partial charge in [0.2, 0.25) is 5.88 Å². The van der Waals surface area contributed by atoms with Crippen LogP contribution in [-0.2, 0) is 18.4 Å². The number of benzene rings is 2. The van der Waals surface area contributed by atoms with Crippen LogP contribution < -0.4 is 15.6 Å². The number of carbonyl (C=O) groups excluding carboxylic acids is 1. The van der Waals surface area contributed by atoms with Gasteiger partial charge in [-0.15, -0.1) is 0 Å². The van der Waals surface area contributed by atoms with E-state index in [9.17, 15) is 19.5 Å². The number of aryl methyl sites for hydroxylation is 1. The predicted molar refractivity (Wildman–Crippen MR) is 157 cm³/mol. The minimum Gasteiger partial charge on any atom is -0.481 e. The fraction of sp³-hybridized carbons (Fsp3) is 0.207. The van der Waals surface area contributed by atoms with Gasteiger partial charge in [0.15, 0.2) is 5.60 Å². The van der Waals surface area contributed by atoms with Crippen LogP contribution in [0.1, 0.15) is 15.9 Å². The third kappa shape index (κ3) is 5.47. The van der Waals surface area contributed by atoms with Gasteiger partial charge in [-0.25, -0.2) is 14.5 Å². The summed E-state index contributed by atoms with van der Waals surface area (Å²) >= 11 is 13.6. The van der Waals surface area contributed by atoms with Gasteiger partial charge in [-0.05, 0) is 18.2 Å². The predicted octanol–water partition coefficient (Wildman–Crippen LogP) is 3.71. The molecule has 0 aliphatic carbocycles. The first kappa shape index (κ1) is 29.2. The largest absolute Gasteiger partial charge is 0.481 e. The van der Waals surface area contributed by atoms with Gasteiger partial charge in [0.05, 0.1) is 28.5 Å². The highest BCUT2D eigenvalue weighted by Gasteiger charge is 2.48. The number of aromatic nitrogens is 3. The Morgan fingerprint density at radius 1 is 1.02 bits per heavy atom. The highest BCUT2D eigenvalue weighted by molar-refractivity contribution is 6.39. The van der Waals surface area contributed by atoms with Crippen molar-refractivity contribution < 1.29 is 24.5 Å². The van der Waals surface area contributed by atoms with Gasteiger partial charge in [0.1, 0.15) is 5.56 Å². The Morgan fingerprint density at radius 2 is 1.69 bits per heavy atom. The second-order valence-corrected chi connectivity index (χ2v) is 10.6. The number of nitrogens with one attached hydrogen (secondary N) is 1. The number of β-amino-alcohol motifs (C(OH)–C–C–N with tert-alkyl or cyclic N) is 1. The molecule has 1 fully saturated rings. The van der Waals surface area contributed by atoms with Crippen LogP contribution in [0, 0.1) is 0 Å². The van der Waals surface area contributed by atoms with Crippen molar-refractivity contribution in [1.82, 2.24) is 19.7 Å². The summed E-state index contributed by atoms with van der Waals surface area (Å²) < 4.78 is 6.57. The average molecular weight is 610 g/mol. The second-order valence-electron chi connectivity index (χ2n) is 9.81. The maximum absolute atomic E-state index is 12.8. The number of aliphatic carboxylic acids is 1. The highest BCUT2D eigenvalue weighted by Crippen LogP contribution is 2.41. The zero-order valence-corrected chi connectivity index (χ0v) is 24.0. The molecule has 0 unspecified atom stereocenters. The van der Waals surface area contributed by atoms with E-state index in [-0.39, 0.29) is 23.7 Å². The number of carboxylic acid groups (broad SMARTS) is 1. The summed E-state index contributed by atoms with van der Waals surface area (Å²) in [7, 11) is 2.94. The lowest BCUT2D eigenvalue weighted by Gasteiger charge is -2.43. The zero-order valence-electron chi connectivity index (χ0n) is 22.5. The SMILES string of the molecule is COc1nc(-c2cccc(-c3cccc(NC(=O)c4ccnn(C)c4=O)c3Cl)c2Cl)ccc1CN1CC(O)(C(=O)O)C1. The first-order chi connectivity index (χ1) is 20.0. The molecule has 5 rings (SSSR count). The van der Waals surface area contributed by atoms with Gasteiger partial charge in [-0.3, -0.25) is 14.5 Å². The van der Waals surface area contributed by atoms with Gasteiger partial charge < -0.3 is 20.3 Å². The molecule has 3 heterocycles. The molecule has 42 heavy (non-hydrogen) atoms. The fourth-order valence-electron chi connectivity index (χ4n) is 4.74. The lowest BCUT2D eigenvalue weighted by Crippen LogP contribution is -2.65. The summed E-state index contributed by atoms with van der Waals surface area (Å²) in [6.45, 7) is 0.348. The van der Waals surface area contributed by atoms with Crippen LogP contribution in [0.4, 0.5) is 5.69 Å². The number of aliphatic hydroxyl groups is 1. The normalized spacial score (nSPS) is 14.2. The van der Waals surface area contributed by atoms with E-state index in [2.05, 4.69) is 15.4 Å². The first-order valence-electron chi connectivity index (χ1n) is 12.7. The Balaban J connectivity index is 1.42. The number of anilines is 1. The molecule has 1 aliphatic heterocycles. The molecule has 0 bridgehead atoms. The van der Waals surface area contributed by atoms with Gasteiger partial charge in [0.25, 0.3) is 11.5 Å². The summed E-state index contributed by atoms with van der Waals surface area (Å²) in [6, 6.07) is 15.4. The Bertz CT molecular complexity index is 1770. The van der Waals surface area contributed by atoms with Crippen molar-refractivity contribution in [3.05, 3.63) is 92.3 Å². The van der Waals surface area contributed by atoms with Crippen LogP contribution in [0.3, 0.4) is 0 Å². The van der Waals surface area contributed by atoms with Gasteiger partial charge >= 0.3 is 5.97 Å². The number of rotatable bonds is 8. The molecule has 0 atom stereocenters. The van der Waals surface area contributed by atoms with Crippen LogP contribution >= 0.6 is 23.2 Å². The van der Waals surface area contributed by atoms with E-state index in [1.54, 1.807) is 47.4 Å². The molecular weight excluding hydrogens is 585 g/mol. The number of ether oxygens (including phenoxy) is 1. The molecular formula is C29H25Cl2N5O6. The molecule has 0 spiro atoms. The average Bonchev–Trinajstić information content (AvgIpc) is 2.95. The monoisotopic (exact) mass is 609 g/mol. The van der Waals surface area contributed by atoms with Crippen molar-refractivity contribution in [2.45, 2.75) is 12.1 Å². The number of nitrogens with zero attached hydrogens (tertiary/aromatic N) is 4. The molecule has 0 radical (unpaired) electrons. The van der Waals surface area contributed by atoms with Gasteiger partial charge in [0, 0.05) is 55.1 Å². The number of hydrogen-bond acceptors (Lipinski definition) is 8. The van der Waals surface area contributed by atoms with Crippen LogP contribution in [0.25, 0.3) is 22.4 Å². The van der Waals surface area contributed by atoms with Crippen molar-refractivity contribution in [1.29, 1.82) is 0 Å². The molecule has 216 valence electrons. The number of carbonyl (C=O) groups is 2. The van der Waals surface area contributed by atoms with Crippen molar-refractivity contribution >= 4 is 40.8 Å². The molecule has 11 nitrogen and oxygen atoms in total. The van der Waals surface area contributed by atoms with E-state index in [1.807, 2.05) is 6.07 Å². The molecule has 4 aromatic rings. The smallest absolute Gasteiger partial charge is 0.338 e. The second kappa shape index (κ2) is 11.5. The topological polar surface area (TPSA) is 147 Å². The maximum Gasteiger partial charge on any atom is 0.338 e. The number of carboxylic acids is 1. The zero-order chi connectivity index (χ0) is 30.2. The summed E-state index contributed by atoms with van der Waals surface area (Å²) in [5.74, 6) is -1.54. The van der Waals surface area contributed by atoms with Crippen molar-refractivity contribution in [3.8, 4) is 28.3 Å². The van der Waals surface area contributed by atoms with Gasteiger partial charge in [-0.1, -0.05) is 59.6 Å². The summed E-state index contributed by atoms with van der Waals surface area (Å²) in [4.78, 5) is 42.8. The van der Waals surface area contributed by atoms with E-state index in [0.29, 0.717) is 45.5 Å². The highest BCUT2D eigenvalue weighted by atomic mass is 35.5. The Hall–Kier alpha value is -4.29. The molecule has 2 aromatic heterocycles. The molecule has 1 aliphatic rings. The van der Waals surface area contributed by atoms with E-state index in [0.717, 1.165) is 10.2 Å². The van der Waals surface area contributed by atoms with Crippen molar-refractivity contribution in [2.24, 2.45) is 7.05 Å². The number of hydrogen-bond donors (Lipinski definition) is 3. The summed E-state index contributed by atoms with van der Waals surface area (Å²) in [5, 5.41) is 26.3. The minimum absolute atomic E-state index is 0.000597. The summed E-state index contributed by atoms with van der Waals surface area (Å²) in [6.07, 6.45) is 1.36. The fourth-order valence-corrected chi connectivity index (χ4v) is 5.34. The Kier molecular flexibility index (Phi) is 8.02. The molecule has 2 aromatic carbocycles. The van der Waals surface area contributed by atoms with E-state index < -0.39 is 23.0 Å². The third-order valence-corrected chi connectivity index (χ3v) is 7.77. The van der Waals surface area contributed by atoms with Crippen molar-refractivity contribution in [3.63, 3.8) is 0 Å². The molecule has 1 saturated heterocycles. The molecule has 13 heteroatoms. The van der Waals surface area contributed by atoms with Gasteiger partial charge in [-0.2, -0.15) is 5.10 Å². The molecule has 1 amide bonds. The third-order valence-electron chi connectivity index (χ3n) is 6.96. The standard InChI is InChI=1S/C29H25Cl2N5O6/c1-35-27(38)20(11-12-32-35)25(37)33-22-8-4-6-18(24(22)31)17-5-3-7-19(23(17)30)21-10-9-16(26(34-21)42-2)13-36-14-29(41,15-36)28(39)40/h3-12,41H,13-15H2,1-2H3,(H,33,37)(H,39,40). The quantitative estimate of drug-likeness (QED) is 0.272. The van der Waals surface area contributed by atoms with E-state index in [4.69, 9.17) is 33.0 Å². The Labute approximate surface area is 249 Å². The number of methoxy groups -OCH3 is 1. The molecule has 3 N–H and O–H groups in total. The van der Waals surface area contributed by atoms with Crippen LogP contribution in [0.15, 0.2) is 65.6 Å².